The molecule has 5 aliphatic rings. The van der Waals surface area contributed by atoms with E-state index in [1.54, 1.807) is 31.3 Å². The highest BCUT2D eigenvalue weighted by Crippen LogP contribution is 2.72. The van der Waals surface area contributed by atoms with Crippen LogP contribution in [0.15, 0.2) is 78.5 Å². The van der Waals surface area contributed by atoms with E-state index in [0.717, 1.165) is 11.1 Å². The van der Waals surface area contributed by atoms with Crippen molar-refractivity contribution in [3.63, 3.8) is 0 Å². The lowest BCUT2D eigenvalue weighted by Crippen LogP contribution is -2.70. The van der Waals surface area contributed by atoms with Gasteiger partial charge in [-0.2, -0.15) is 0 Å². The fourth-order valence-electron chi connectivity index (χ4n) is 9.42. The van der Waals surface area contributed by atoms with Gasteiger partial charge in [0.05, 0.1) is 12.2 Å². The van der Waals surface area contributed by atoms with Crippen LogP contribution in [0.3, 0.4) is 0 Å². The number of pyridine rings is 1. The first-order chi connectivity index (χ1) is 20.9. The van der Waals surface area contributed by atoms with Crippen LogP contribution in [0.1, 0.15) is 56.1 Å². The second-order valence-corrected chi connectivity index (χ2v) is 13.7. The fourth-order valence-corrected chi connectivity index (χ4v) is 9.42. The van der Waals surface area contributed by atoms with Crippen molar-refractivity contribution >= 4 is 11.6 Å². The minimum absolute atomic E-state index is 0.106. The second-order valence-electron chi connectivity index (χ2n) is 13.7. The van der Waals surface area contributed by atoms with Gasteiger partial charge in [-0.25, -0.2) is 13.8 Å². The maximum absolute atomic E-state index is 17.6. The number of carbonyl (C=O) groups is 1. The molecular weight excluding hydrogens is 566 g/mol. The summed E-state index contributed by atoms with van der Waals surface area (Å²) in [6, 6.07) is 11.4. The van der Waals surface area contributed by atoms with E-state index >= 15 is 8.78 Å². The molecule has 1 aromatic heterocycles. The quantitative estimate of drug-likeness (QED) is 0.446. The zero-order valence-corrected chi connectivity index (χ0v) is 24.9. The van der Waals surface area contributed by atoms with E-state index in [1.807, 2.05) is 43.3 Å². The van der Waals surface area contributed by atoms with Gasteiger partial charge in [0, 0.05) is 28.5 Å². The van der Waals surface area contributed by atoms with Crippen molar-refractivity contribution in [2.24, 2.45) is 22.7 Å². The highest BCUT2D eigenvalue weighted by Gasteiger charge is 2.80. The maximum atomic E-state index is 17.6. The number of carbonyl (C=O) groups excluding carboxylic acids is 1. The van der Waals surface area contributed by atoms with Gasteiger partial charge in [-0.3, -0.25) is 4.79 Å². The zero-order valence-electron chi connectivity index (χ0n) is 24.9. The molecule has 4 aliphatic carbocycles. The molecule has 10 atom stereocenters. The molecule has 0 bridgehead atoms. The van der Waals surface area contributed by atoms with Crippen LogP contribution in [0.2, 0.25) is 0 Å². The third-order valence-corrected chi connectivity index (χ3v) is 11.5. The summed E-state index contributed by atoms with van der Waals surface area (Å²) < 4.78 is 46.5. The molecule has 1 aromatic carbocycles. The van der Waals surface area contributed by atoms with Crippen molar-refractivity contribution in [3.05, 3.63) is 95.2 Å². The Morgan fingerprint density at radius 1 is 1.16 bits per heavy atom. The van der Waals surface area contributed by atoms with Crippen molar-refractivity contribution in [1.29, 1.82) is 0 Å². The number of allylic oxidation sites excluding steroid dienone is 5. The summed E-state index contributed by atoms with van der Waals surface area (Å²) in [7, 11) is 0. The second kappa shape index (κ2) is 9.88. The predicted molar refractivity (Wildman–Crippen MR) is 160 cm³/mol. The van der Waals surface area contributed by atoms with Gasteiger partial charge in [-0.05, 0) is 72.9 Å². The first-order valence-corrected chi connectivity index (χ1v) is 15.3. The van der Waals surface area contributed by atoms with E-state index in [1.165, 1.54) is 0 Å². The molecule has 4 fully saturated rings. The van der Waals surface area contributed by atoms with Gasteiger partial charge < -0.3 is 25.4 Å². The topological polar surface area (TPSA) is 115 Å². The van der Waals surface area contributed by atoms with E-state index in [2.05, 4.69) is 11.6 Å². The number of halogens is 2. The normalized spacial score (nSPS) is 42.2. The van der Waals surface area contributed by atoms with Crippen LogP contribution in [0.4, 0.5) is 14.6 Å². The van der Waals surface area contributed by atoms with Crippen molar-refractivity contribution in [3.8, 4) is 0 Å². The van der Waals surface area contributed by atoms with E-state index < -0.39 is 71.0 Å². The molecule has 9 heteroatoms. The molecule has 0 unspecified atom stereocenters. The van der Waals surface area contributed by atoms with Gasteiger partial charge in [0.2, 0.25) is 0 Å². The van der Waals surface area contributed by atoms with Crippen molar-refractivity contribution in [2.45, 2.75) is 75.5 Å². The number of Topliss-reactive ketones (excluding diaryl/α,β-unsaturated/α-hetero) is 1. The molecular formula is C35H38F2N2O5. The number of hydrogen-bond donors (Lipinski definition) is 3. The molecule has 7 nitrogen and oxygen atoms in total. The monoisotopic (exact) mass is 604 g/mol. The molecule has 0 spiro atoms. The number of ketones is 1. The largest absolute Gasteiger partial charge is 0.390 e. The Kier molecular flexibility index (Phi) is 6.62. The number of aliphatic hydroxyl groups is 2. The van der Waals surface area contributed by atoms with E-state index in [0.29, 0.717) is 23.4 Å². The van der Waals surface area contributed by atoms with Crippen LogP contribution in [0.5, 0.6) is 0 Å². The van der Waals surface area contributed by atoms with E-state index in [-0.39, 0.29) is 24.8 Å². The number of nitrogens with two attached hydrogens (primary N) is 1. The van der Waals surface area contributed by atoms with Gasteiger partial charge >= 0.3 is 0 Å². The predicted octanol–water partition coefficient (Wildman–Crippen LogP) is 4.88. The summed E-state index contributed by atoms with van der Waals surface area (Å²) in [6.45, 7) is 6.55. The standard InChI is InChI=1S/C35H38F2N2O5/c1-19-8-10-32(2)25(12-19)26(36)15-24-23-16-29-35(28(42)18-40,33(23,3)17-27(41)34(24,32)37)44-31(43-29)22-6-4-20(5-7-22)13-21-9-11-39-30(38)14-21/h4-12,14,23-24,26-27,29,31,40-41H,1,13,15-18H2,2-3H3,(H2,38,39)/t23-,24-,26-,27-,29+,31+,32-,33-,34-,35+/m0/s1. The number of aliphatic hydroxyl groups excluding tert-OH is 2. The molecule has 0 radical (unpaired) electrons. The fraction of sp³-hybridized carbons (Fsp3) is 0.486. The molecule has 1 saturated heterocycles. The molecule has 232 valence electrons. The number of rotatable bonds is 5. The van der Waals surface area contributed by atoms with E-state index in [9.17, 15) is 15.0 Å². The molecule has 3 saturated carbocycles. The lowest BCUT2D eigenvalue weighted by atomic mass is 9.44. The summed E-state index contributed by atoms with van der Waals surface area (Å²) in [6.07, 6.45) is 2.54. The van der Waals surface area contributed by atoms with Crippen LogP contribution in [0, 0.1) is 22.7 Å². The number of ether oxygens (including phenoxy) is 2. The number of nitrogen functional groups attached to an aromatic ring is 1. The van der Waals surface area contributed by atoms with Gasteiger partial charge in [0.25, 0.3) is 0 Å². The smallest absolute Gasteiger partial charge is 0.193 e. The average molecular weight is 605 g/mol. The van der Waals surface area contributed by atoms with Gasteiger partial charge in [0.1, 0.15) is 18.6 Å². The van der Waals surface area contributed by atoms with Crippen molar-refractivity contribution in [2.75, 3.05) is 12.3 Å². The number of fused-ring (bicyclic) bond motifs is 7. The highest BCUT2D eigenvalue weighted by atomic mass is 19.1. The van der Waals surface area contributed by atoms with Crippen molar-refractivity contribution in [1.82, 2.24) is 4.98 Å². The van der Waals surface area contributed by atoms with Crippen LogP contribution < -0.4 is 5.73 Å². The Labute approximate surface area is 255 Å². The summed E-state index contributed by atoms with van der Waals surface area (Å²) >= 11 is 0. The first-order valence-electron chi connectivity index (χ1n) is 15.3. The lowest BCUT2D eigenvalue weighted by molar-refractivity contribution is -0.235. The Morgan fingerprint density at radius 3 is 2.61 bits per heavy atom. The Morgan fingerprint density at radius 2 is 1.91 bits per heavy atom. The zero-order chi connectivity index (χ0) is 31.2. The van der Waals surface area contributed by atoms with Crippen molar-refractivity contribution < 1.29 is 33.3 Å². The van der Waals surface area contributed by atoms with Crippen LogP contribution in [-0.4, -0.2) is 57.2 Å². The number of hydrogen-bond acceptors (Lipinski definition) is 7. The minimum Gasteiger partial charge on any atom is -0.390 e. The van der Waals surface area contributed by atoms with E-state index in [4.69, 9.17) is 15.2 Å². The summed E-state index contributed by atoms with van der Waals surface area (Å²) in [5.74, 6) is -1.58. The third kappa shape index (κ3) is 3.79. The Bertz CT molecular complexity index is 1590. The molecule has 44 heavy (non-hydrogen) atoms. The Balaban J connectivity index is 1.21. The van der Waals surface area contributed by atoms with Gasteiger partial charge in [0.15, 0.2) is 23.3 Å². The number of alkyl halides is 2. The average Bonchev–Trinajstić information content (AvgIpc) is 3.49. The minimum atomic E-state index is -2.18. The van der Waals surface area contributed by atoms with Crippen LogP contribution in [0.25, 0.3) is 0 Å². The molecule has 7 rings (SSSR count). The SMILES string of the molecule is C=C1C=C[C@@]2(C)C(=C1)[C@@H](F)C[C@H]1[C@@H]3C[C@H]4O[C@@H](c5ccc(Cc6ccnc(N)c6)cc5)O[C@@]4(C(=O)CO)[C@@]3(C)C[C@H](O)[C@@]12F. The lowest BCUT2D eigenvalue weighted by Gasteiger charge is -2.63. The van der Waals surface area contributed by atoms with Gasteiger partial charge in [-0.1, -0.05) is 56.0 Å². The summed E-state index contributed by atoms with van der Waals surface area (Å²) in [5, 5.41) is 21.9. The summed E-state index contributed by atoms with van der Waals surface area (Å²) in [5.41, 5.74) is 3.11. The maximum Gasteiger partial charge on any atom is 0.193 e. The number of nitrogens with zero attached hydrogens (tertiary/aromatic N) is 1. The van der Waals surface area contributed by atoms with Crippen LogP contribution >= 0.6 is 0 Å². The van der Waals surface area contributed by atoms with Crippen LogP contribution in [-0.2, 0) is 20.7 Å². The number of aromatic nitrogens is 1. The molecule has 2 aromatic rings. The molecule has 0 amide bonds. The van der Waals surface area contributed by atoms with Gasteiger partial charge in [-0.15, -0.1) is 0 Å². The number of anilines is 1. The number of benzene rings is 1. The summed E-state index contributed by atoms with van der Waals surface area (Å²) in [4.78, 5) is 17.8. The molecule has 1 aliphatic heterocycles. The Hall–Kier alpha value is -3.24. The first kappa shape index (κ1) is 29.5. The molecule has 4 N–H and O–H groups in total. The molecule has 2 heterocycles. The third-order valence-electron chi connectivity index (χ3n) is 11.5. The highest BCUT2D eigenvalue weighted by molar-refractivity contribution is 5.91.